The number of amides is 1. The Morgan fingerprint density at radius 2 is 1.73 bits per heavy atom. The van der Waals surface area contributed by atoms with Gasteiger partial charge in [-0.2, -0.15) is 36.1 Å². The van der Waals surface area contributed by atoms with Gasteiger partial charge in [-0.05, 0) is 30.3 Å². The smallest absolute Gasteiger partial charge is 0.435 e. The highest BCUT2D eigenvalue weighted by atomic mass is 35.5. The highest BCUT2D eigenvalue weighted by molar-refractivity contribution is 6.32. The normalized spacial score (nSPS) is 13.0. The molecule has 0 spiro atoms. The van der Waals surface area contributed by atoms with Gasteiger partial charge >= 0.3 is 12.4 Å². The van der Waals surface area contributed by atoms with Crippen LogP contribution in [0.25, 0.3) is 5.69 Å². The van der Waals surface area contributed by atoms with E-state index >= 15 is 0 Å². The van der Waals surface area contributed by atoms with Gasteiger partial charge in [0.05, 0.1) is 16.3 Å². The number of carbonyl (C=O) groups excluding carboxylic acids is 1. The molecule has 176 valence electrons. The monoisotopic (exact) mass is 495 g/mol. The summed E-state index contributed by atoms with van der Waals surface area (Å²) in [6.07, 6.45) is -11.5. The number of nitrogens with one attached hydrogen (secondary N) is 1. The molecule has 2 aromatic carbocycles. The molecule has 1 amide bonds. The molecule has 0 aliphatic carbocycles. The van der Waals surface area contributed by atoms with E-state index in [1.165, 1.54) is 24.3 Å². The number of hydrogen-bond donors (Lipinski definition) is 1. The van der Waals surface area contributed by atoms with Crippen LogP contribution in [0.3, 0.4) is 0 Å². The molecule has 1 heterocycles. The molecule has 0 radical (unpaired) electrons. The molecule has 3 aromatic rings. The molecule has 0 aliphatic heterocycles. The van der Waals surface area contributed by atoms with E-state index in [0.717, 1.165) is 6.92 Å². The van der Waals surface area contributed by atoms with Crippen LogP contribution >= 0.6 is 11.6 Å². The summed E-state index contributed by atoms with van der Waals surface area (Å²) in [4.78, 5) is 11.6. The van der Waals surface area contributed by atoms with Gasteiger partial charge in [-0.15, -0.1) is 0 Å². The van der Waals surface area contributed by atoms with Crippen molar-refractivity contribution in [2.75, 3.05) is 0 Å². The topological polar surface area (TPSA) is 56.1 Å². The summed E-state index contributed by atoms with van der Waals surface area (Å²) < 4.78 is 99.0. The van der Waals surface area contributed by atoms with Crippen molar-refractivity contribution in [3.8, 4) is 11.6 Å². The van der Waals surface area contributed by atoms with Crippen LogP contribution in [0.15, 0.2) is 48.5 Å². The first kappa shape index (κ1) is 24.4. The largest absolute Gasteiger partial charge is 0.449 e. The molecule has 0 aliphatic rings. The number of carbonyl (C=O) groups is 1. The summed E-state index contributed by atoms with van der Waals surface area (Å²) in [5.41, 5.74) is -3.27. The number of benzene rings is 2. The molecule has 0 bridgehead atoms. The maximum absolute atomic E-state index is 14.5. The molecule has 1 aromatic heterocycles. The van der Waals surface area contributed by atoms with Gasteiger partial charge in [-0.1, -0.05) is 23.7 Å². The van der Waals surface area contributed by atoms with Crippen LogP contribution in [0, 0.1) is 5.82 Å². The van der Waals surface area contributed by atoms with E-state index in [1.807, 2.05) is 0 Å². The van der Waals surface area contributed by atoms with Gasteiger partial charge in [0, 0.05) is 18.6 Å². The van der Waals surface area contributed by atoms with Crippen molar-refractivity contribution >= 4 is 17.5 Å². The van der Waals surface area contributed by atoms with E-state index in [-0.39, 0.29) is 16.8 Å². The zero-order chi connectivity index (χ0) is 24.6. The Morgan fingerprint density at radius 1 is 1.06 bits per heavy atom. The van der Waals surface area contributed by atoms with E-state index < -0.39 is 53.0 Å². The molecule has 1 atom stereocenters. The van der Waals surface area contributed by atoms with E-state index in [1.54, 1.807) is 0 Å². The van der Waals surface area contributed by atoms with Crippen LogP contribution in [-0.2, 0) is 17.1 Å². The third-order valence-corrected chi connectivity index (χ3v) is 4.55. The van der Waals surface area contributed by atoms with Gasteiger partial charge in [-0.3, -0.25) is 4.79 Å². The van der Waals surface area contributed by atoms with Crippen molar-refractivity contribution in [3.05, 3.63) is 76.2 Å². The number of aromatic nitrogens is 2. The van der Waals surface area contributed by atoms with Crippen molar-refractivity contribution in [1.82, 2.24) is 15.1 Å². The minimum absolute atomic E-state index is 0.00374. The lowest BCUT2D eigenvalue weighted by Gasteiger charge is -2.21. The summed E-state index contributed by atoms with van der Waals surface area (Å²) >= 11 is 6.04. The second-order valence-corrected chi connectivity index (χ2v) is 7.07. The Labute approximate surface area is 186 Å². The molecule has 0 saturated heterocycles. The third-order valence-electron chi connectivity index (χ3n) is 4.23. The summed E-state index contributed by atoms with van der Waals surface area (Å²) in [7, 11) is 0. The predicted molar refractivity (Wildman–Crippen MR) is 102 cm³/mol. The molecule has 1 unspecified atom stereocenters. The number of para-hydroxylation sites is 1. The van der Waals surface area contributed by atoms with Crippen LogP contribution in [0.2, 0.25) is 5.02 Å². The molecule has 3 rings (SSSR count). The van der Waals surface area contributed by atoms with Crippen LogP contribution in [0.1, 0.15) is 30.0 Å². The number of alkyl halides is 6. The van der Waals surface area contributed by atoms with Crippen LogP contribution in [0.4, 0.5) is 30.7 Å². The standard InChI is InChI=1S/C20H13ClF7N3O2/c1-10(32)29-18(12-7-6-11(8-14(12)22)19(23,24)25)33-17-9-16(20(26,27)28)30-31(17)15-5-3-2-4-13(15)21/h2-9,18H,1H3,(H,29,32). The highest BCUT2D eigenvalue weighted by Gasteiger charge is 2.37. The Balaban J connectivity index is 2.10. The van der Waals surface area contributed by atoms with Crippen LogP contribution in [0.5, 0.6) is 5.88 Å². The first-order valence-electron chi connectivity index (χ1n) is 9.00. The quantitative estimate of drug-likeness (QED) is 0.353. The minimum atomic E-state index is -4.90. The fourth-order valence-corrected chi connectivity index (χ4v) is 2.99. The van der Waals surface area contributed by atoms with Gasteiger partial charge in [0.1, 0.15) is 5.82 Å². The zero-order valence-corrected chi connectivity index (χ0v) is 17.2. The predicted octanol–water partition coefficient (Wildman–Crippen LogP) is 5.92. The maximum Gasteiger partial charge on any atom is 0.435 e. The number of ether oxygens (including phenoxy) is 1. The average Bonchev–Trinajstić information content (AvgIpc) is 3.11. The molecular formula is C20H13ClF7N3O2. The first-order chi connectivity index (χ1) is 15.3. The Bertz CT molecular complexity index is 1180. The lowest BCUT2D eigenvalue weighted by molar-refractivity contribution is -0.141. The Kier molecular flexibility index (Phi) is 6.59. The molecule has 33 heavy (non-hydrogen) atoms. The van der Waals surface area contributed by atoms with Gasteiger partial charge in [0.25, 0.3) is 0 Å². The second-order valence-electron chi connectivity index (χ2n) is 6.66. The Morgan fingerprint density at radius 3 is 2.27 bits per heavy atom. The van der Waals surface area contributed by atoms with Gasteiger partial charge < -0.3 is 10.1 Å². The van der Waals surface area contributed by atoms with Gasteiger partial charge in [0.2, 0.25) is 18.0 Å². The molecule has 5 nitrogen and oxygen atoms in total. The molecule has 0 saturated carbocycles. The maximum atomic E-state index is 14.5. The van der Waals surface area contributed by atoms with Crippen LogP contribution in [-0.4, -0.2) is 15.7 Å². The fraction of sp³-hybridized carbons (Fsp3) is 0.200. The van der Waals surface area contributed by atoms with Crippen molar-refractivity contribution < 1.29 is 40.3 Å². The van der Waals surface area contributed by atoms with Gasteiger partial charge in [-0.25, -0.2) is 4.39 Å². The van der Waals surface area contributed by atoms with E-state index in [4.69, 9.17) is 16.3 Å². The first-order valence-corrected chi connectivity index (χ1v) is 9.37. The molecular weight excluding hydrogens is 483 g/mol. The average molecular weight is 496 g/mol. The van der Waals surface area contributed by atoms with E-state index in [9.17, 15) is 35.5 Å². The van der Waals surface area contributed by atoms with Gasteiger partial charge in [0.15, 0.2) is 5.69 Å². The second kappa shape index (κ2) is 8.93. The molecule has 13 heteroatoms. The van der Waals surface area contributed by atoms with E-state index in [2.05, 4.69) is 10.4 Å². The van der Waals surface area contributed by atoms with Crippen molar-refractivity contribution in [2.24, 2.45) is 0 Å². The summed E-state index contributed by atoms with van der Waals surface area (Å²) in [6.45, 7) is 1.00. The number of nitrogens with zero attached hydrogens (tertiary/aromatic N) is 2. The number of rotatable bonds is 5. The fourth-order valence-electron chi connectivity index (χ4n) is 2.77. The summed E-state index contributed by atoms with van der Waals surface area (Å²) in [5.74, 6) is -2.80. The minimum Gasteiger partial charge on any atom is -0.449 e. The molecule has 1 N–H and O–H groups in total. The van der Waals surface area contributed by atoms with Crippen molar-refractivity contribution in [3.63, 3.8) is 0 Å². The number of hydrogen-bond acceptors (Lipinski definition) is 3. The summed E-state index contributed by atoms with van der Waals surface area (Å²) in [5, 5.41) is 5.58. The zero-order valence-electron chi connectivity index (χ0n) is 16.4. The highest BCUT2D eigenvalue weighted by Crippen LogP contribution is 2.36. The molecule has 0 fully saturated rings. The summed E-state index contributed by atoms with van der Waals surface area (Å²) in [6, 6.07) is 7.59. The lowest BCUT2D eigenvalue weighted by Crippen LogP contribution is -2.31. The van der Waals surface area contributed by atoms with Crippen molar-refractivity contribution in [2.45, 2.75) is 25.5 Å². The number of halogens is 8. The van der Waals surface area contributed by atoms with Crippen molar-refractivity contribution in [1.29, 1.82) is 0 Å². The SMILES string of the molecule is CC(=O)NC(Oc1cc(C(F)(F)F)nn1-c1ccccc1Cl)c1ccc(C(F)(F)F)cc1F. The third kappa shape index (κ3) is 5.56. The van der Waals surface area contributed by atoms with Crippen LogP contribution < -0.4 is 10.1 Å². The Hall–Kier alpha value is -3.28. The van der Waals surface area contributed by atoms with E-state index in [0.29, 0.717) is 22.9 Å². The lowest BCUT2D eigenvalue weighted by atomic mass is 10.1.